The second-order valence-corrected chi connectivity index (χ2v) is 8.15. The van der Waals surface area contributed by atoms with E-state index in [4.69, 9.17) is 4.74 Å². The Morgan fingerprint density at radius 1 is 1.10 bits per heavy atom. The molecule has 1 atom stereocenters. The number of aliphatic hydroxyl groups excluding tert-OH is 1. The summed E-state index contributed by atoms with van der Waals surface area (Å²) in [6, 6.07) is 15.5. The number of anilines is 1. The van der Waals surface area contributed by atoms with E-state index in [-0.39, 0.29) is 11.5 Å². The van der Waals surface area contributed by atoms with E-state index >= 15 is 0 Å². The molecular weight excluding hydrogens is 392 g/mol. The van der Waals surface area contributed by atoms with Gasteiger partial charge in [-0.2, -0.15) is 5.10 Å². The number of hydrogen-bond donors (Lipinski definition) is 4. The molecule has 0 saturated carbocycles. The highest BCUT2D eigenvalue weighted by atomic mass is 32.2. The lowest BCUT2D eigenvalue weighted by Gasteiger charge is -2.12. The number of nitrogens with one attached hydrogen (secondary N) is 3. The molecule has 4 N–H and O–H groups in total. The van der Waals surface area contributed by atoms with Gasteiger partial charge in [0.25, 0.3) is 10.0 Å². The van der Waals surface area contributed by atoms with Crippen LogP contribution >= 0.6 is 0 Å². The highest BCUT2D eigenvalue weighted by molar-refractivity contribution is 7.92. The third-order valence-electron chi connectivity index (χ3n) is 4.15. The number of rotatable bonds is 11. The summed E-state index contributed by atoms with van der Waals surface area (Å²) in [6.07, 6.45) is 3.29. The average molecular weight is 417 g/mol. The van der Waals surface area contributed by atoms with Crippen LogP contribution in [0.2, 0.25) is 0 Å². The molecule has 2 aromatic carbocycles. The maximum absolute atomic E-state index is 12.3. The molecule has 0 aliphatic rings. The molecular formula is C20H24N4O4S. The number of benzene rings is 2. The zero-order valence-electron chi connectivity index (χ0n) is 15.8. The summed E-state index contributed by atoms with van der Waals surface area (Å²) in [5.41, 5.74) is 1.57. The zero-order valence-corrected chi connectivity index (χ0v) is 16.6. The number of aromatic amines is 1. The fourth-order valence-electron chi connectivity index (χ4n) is 2.62. The average Bonchev–Trinajstić information content (AvgIpc) is 3.25. The number of ether oxygens (including phenoxy) is 1. The predicted octanol–water partition coefficient (Wildman–Crippen LogP) is 1.78. The Bertz CT molecular complexity index is 961. The lowest BCUT2D eigenvalue weighted by Crippen LogP contribution is -2.32. The van der Waals surface area contributed by atoms with Crippen molar-refractivity contribution in [2.75, 3.05) is 24.4 Å². The minimum Gasteiger partial charge on any atom is -0.488 e. The number of H-pyrrole nitrogens is 1. The van der Waals surface area contributed by atoms with Crippen LogP contribution in [-0.2, 0) is 16.4 Å². The van der Waals surface area contributed by atoms with Crippen LogP contribution in [0, 0.1) is 0 Å². The largest absolute Gasteiger partial charge is 0.488 e. The van der Waals surface area contributed by atoms with Crippen LogP contribution in [0.1, 0.15) is 5.56 Å². The molecule has 8 nitrogen and oxygen atoms in total. The van der Waals surface area contributed by atoms with E-state index in [1.807, 2.05) is 12.1 Å². The first kappa shape index (κ1) is 20.8. The van der Waals surface area contributed by atoms with Gasteiger partial charge in [0, 0.05) is 12.2 Å². The standard InChI is InChI=1S/C20H24N4O4S/c25-18(15-28-19-13-22-23-14-19)12-21-11-10-16-6-8-17(9-7-16)24-29(26,27)20-4-2-1-3-5-20/h1-9,13-14,18,21,24-25H,10-12,15H2,(H,22,23)/t18-/m0/s1. The van der Waals surface area contributed by atoms with Crippen LogP contribution in [0.15, 0.2) is 71.9 Å². The Morgan fingerprint density at radius 2 is 1.86 bits per heavy atom. The van der Waals surface area contributed by atoms with Gasteiger partial charge in [0.15, 0.2) is 5.75 Å². The molecule has 0 bridgehead atoms. The van der Waals surface area contributed by atoms with Crippen molar-refractivity contribution in [3.05, 3.63) is 72.6 Å². The molecule has 0 unspecified atom stereocenters. The Morgan fingerprint density at radius 3 is 2.55 bits per heavy atom. The van der Waals surface area contributed by atoms with Gasteiger partial charge in [-0.25, -0.2) is 8.42 Å². The van der Waals surface area contributed by atoms with E-state index in [0.717, 1.165) is 12.0 Å². The van der Waals surface area contributed by atoms with Crippen molar-refractivity contribution in [3.8, 4) is 5.75 Å². The van der Waals surface area contributed by atoms with Gasteiger partial charge < -0.3 is 15.2 Å². The minimum atomic E-state index is -3.59. The summed E-state index contributed by atoms with van der Waals surface area (Å²) in [5, 5.41) is 19.5. The monoisotopic (exact) mass is 416 g/mol. The SMILES string of the molecule is O=S(=O)(Nc1ccc(CCNC[C@H](O)COc2cn[nH]c2)cc1)c1ccccc1. The normalized spacial score (nSPS) is 12.4. The summed E-state index contributed by atoms with van der Waals surface area (Å²) in [4.78, 5) is 0.226. The molecule has 0 spiro atoms. The number of sulfonamides is 1. The molecule has 3 aromatic rings. The predicted molar refractivity (Wildman–Crippen MR) is 110 cm³/mol. The zero-order chi connectivity index (χ0) is 20.5. The van der Waals surface area contributed by atoms with Crippen LogP contribution in [0.3, 0.4) is 0 Å². The third kappa shape index (κ3) is 6.60. The maximum Gasteiger partial charge on any atom is 0.261 e. The van der Waals surface area contributed by atoms with Gasteiger partial charge in [-0.05, 0) is 42.8 Å². The van der Waals surface area contributed by atoms with Gasteiger partial charge in [0.05, 0.1) is 17.3 Å². The van der Waals surface area contributed by atoms with E-state index in [2.05, 4.69) is 20.2 Å². The van der Waals surface area contributed by atoms with Crippen molar-refractivity contribution < 1.29 is 18.3 Å². The summed E-state index contributed by atoms with van der Waals surface area (Å²) >= 11 is 0. The van der Waals surface area contributed by atoms with Crippen molar-refractivity contribution in [1.29, 1.82) is 0 Å². The fourth-order valence-corrected chi connectivity index (χ4v) is 3.70. The van der Waals surface area contributed by atoms with E-state index in [9.17, 15) is 13.5 Å². The van der Waals surface area contributed by atoms with Gasteiger partial charge in [0.1, 0.15) is 12.7 Å². The van der Waals surface area contributed by atoms with Crippen molar-refractivity contribution in [2.24, 2.45) is 0 Å². The number of nitrogens with zero attached hydrogens (tertiary/aromatic N) is 1. The molecule has 9 heteroatoms. The molecule has 3 rings (SSSR count). The Hall–Kier alpha value is -2.88. The lowest BCUT2D eigenvalue weighted by atomic mass is 10.1. The summed E-state index contributed by atoms with van der Waals surface area (Å²) in [5.74, 6) is 0.590. The molecule has 0 aliphatic carbocycles. The lowest BCUT2D eigenvalue weighted by molar-refractivity contribution is 0.106. The fraction of sp³-hybridized carbons (Fsp3) is 0.250. The van der Waals surface area contributed by atoms with Gasteiger partial charge >= 0.3 is 0 Å². The number of aromatic nitrogens is 2. The molecule has 1 heterocycles. The highest BCUT2D eigenvalue weighted by Crippen LogP contribution is 2.16. The van der Waals surface area contributed by atoms with Gasteiger partial charge in [0.2, 0.25) is 0 Å². The van der Waals surface area contributed by atoms with Crippen LogP contribution in [0.5, 0.6) is 5.75 Å². The van der Waals surface area contributed by atoms with Gasteiger partial charge in [-0.15, -0.1) is 0 Å². The van der Waals surface area contributed by atoms with Crippen molar-refractivity contribution in [2.45, 2.75) is 17.4 Å². The van der Waals surface area contributed by atoms with Crippen LogP contribution in [0.4, 0.5) is 5.69 Å². The maximum atomic E-state index is 12.3. The molecule has 0 aliphatic heterocycles. The van der Waals surface area contributed by atoms with Crippen molar-refractivity contribution in [1.82, 2.24) is 15.5 Å². The molecule has 0 radical (unpaired) electrons. The first-order valence-electron chi connectivity index (χ1n) is 9.20. The topological polar surface area (TPSA) is 116 Å². The summed E-state index contributed by atoms with van der Waals surface area (Å²) in [6.45, 7) is 1.27. The third-order valence-corrected chi connectivity index (χ3v) is 5.54. The van der Waals surface area contributed by atoms with Gasteiger partial charge in [-0.3, -0.25) is 9.82 Å². The quantitative estimate of drug-likeness (QED) is 0.354. The summed E-state index contributed by atoms with van der Waals surface area (Å²) < 4.78 is 32.6. The van der Waals surface area contributed by atoms with Crippen LogP contribution in [0.25, 0.3) is 0 Å². The molecule has 0 saturated heterocycles. The molecule has 0 amide bonds. The number of hydrogen-bond acceptors (Lipinski definition) is 6. The Labute approximate surface area is 170 Å². The second kappa shape index (κ2) is 10.1. The Kier molecular flexibility index (Phi) is 7.23. The van der Waals surface area contributed by atoms with E-state index < -0.39 is 16.1 Å². The van der Waals surface area contributed by atoms with E-state index in [1.54, 1.807) is 54.9 Å². The second-order valence-electron chi connectivity index (χ2n) is 6.47. The first-order chi connectivity index (χ1) is 14.0. The van der Waals surface area contributed by atoms with E-state index in [1.165, 1.54) is 0 Å². The van der Waals surface area contributed by atoms with E-state index in [0.29, 0.717) is 24.5 Å². The van der Waals surface area contributed by atoms with Gasteiger partial charge in [-0.1, -0.05) is 30.3 Å². The smallest absolute Gasteiger partial charge is 0.261 e. The first-order valence-corrected chi connectivity index (χ1v) is 10.7. The van der Waals surface area contributed by atoms with Crippen molar-refractivity contribution >= 4 is 15.7 Å². The van der Waals surface area contributed by atoms with Crippen LogP contribution in [-0.4, -0.2) is 49.5 Å². The van der Waals surface area contributed by atoms with Crippen LogP contribution < -0.4 is 14.8 Å². The Balaban J connectivity index is 1.39. The number of aliphatic hydroxyl groups is 1. The highest BCUT2D eigenvalue weighted by Gasteiger charge is 2.13. The van der Waals surface area contributed by atoms with Crippen molar-refractivity contribution in [3.63, 3.8) is 0 Å². The molecule has 154 valence electrons. The minimum absolute atomic E-state index is 0.183. The summed E-state index contributed by atoms with van der Waals surface area (Å²) in [7, 11) is -3.59. The molecule has 0 fully saturated rings. The molecule has 29 heavy (non-hydrogen) atoms. The molecule has 1 aromatic heterocycles.